The van der Waals surface area contributed by atoms with E-state index in [0.29, 0.717) is 17.3 Å². The number of carbonyl (C=O) groups excluding carboxylic acids is 2. The second-order valence-electron chi connectivity index (χ2n) is 8.00. The SMILES string of the molecule is O=C(CC1Sc2ccc(Cl)cc2NC1=O)NC(Cn1cnc2ccccc21)c1ccc(F)cc1. The molecule has 6 nitrogen and oxygen atoms in total. The van der Waals surface area contributed by atoms with Crippen LogP contribution in [0, 0.1) is 5.82 Å². The van der Waals surface area contributed by atoms with E-state index in [0.717, 1.165) is 21.5 Å². The Morgan fingerprint density at radius 2 is 1.97 bits per heavy atom. The number of amides is 2. The molecule has 2 N–H and O–H groups in total. The molecule has 0 aliphatic carbocycles. The Balaban J connectivity index is 1.34. The van der Waals surface area contributed by atoms with Crippen molar-refractivity contribution in [3.05, 3.63) is 89.5 Å². The van der Waals surface area contributed by atoms with Crippen molar-refractivity contribution in [3.8, 4) is 0 Å². The molecule has 4 aromatic rings. The van der Waals surface area contributed by atoms with E-state index < -0.39 is 11.3 Å². The first-order chi connectivity index (χ1) is 16.5. The molecule has 2 unspecified atom stereocenters. The van der Waals surface area contributed by atoms with Gasteiger partial charge in [0.05, 0.1) is 34.3 Å². The molecule has 3 aromatic carbocycles. The Bertz CT molecular complexity index is 1380. The number of nitrogens with one attached hydrogen (secondary N) is 2. The lowest BCUT2D eigenvalue weighted by molar-refractivity contribution is -0.124. The van der Waals surface area contributed by atoms with E-state index in [1.807, 2.05) is 34.9 Å². The number of para-hydroxylation sites is 2. The molecule has 1 aliphatic rings. The second kappa shape index (κ2) is 9.48. The summed E-state index contributed by atoms with van der Waals surface area (Å²) in [5, 5.41) is 5.82. The third-order valence-corrected chi connectivity index (χ3v) is 7.16. The molecule has 1 aliphatic heterocycles. The fraction of sp³-hybridized carbons (Fsp3) is 0.160. The third-order valence-electron chi connectivity index (χ3n) is 5.65. The van der Waals surface area contributed by atoms with Crippen LogP contribution in [0.3, 0.4) is 0 Å². The molecule has 0 bridgehead atoms. The van der Waals surface area contributed by atoms with E-state index in [9.17, 15) is 14.0 Å². The largest absolute Gasteiger partial charge is 0.347 e. The van der Waals surface area contributed by atoms with Gasteiger partial charge in [-0.25, -0.2) is 9.37 Å². The highest BCUT2D eigenvalue weighted by Gasteiger charge is 2.30. The van der Waals surface area contributed by atoms with Crippen LogP contribution < -0.4 is 10.6 Å². The maximum atomic E-state index is 13.5. The van der Waals surface area contributed by atoms with Crippen LogP contribution in [-0.2, 0) is 16.1 Å². The summed E-state index contributed by atoms with van der Waals surface area (Å²) in [4.78, 5) is 30.9. The Hall–Kier alpha value is -3.36. The Morgan fingerprint density at radius 1 is 1.18 bits per heavy atom. The standard InChI is InChI=1S/C25H20ClFN4O2S/c26-16-7-10-22-19(11-16)30-25(33)23(34-22)12-24(32)29-20(15-5-8-17(27)9-6-15)13-31-14-28-18-3-1-2-4-21(18)31/h1-11,14,20,23H,12-13H2,(H,29,32)(H,30,33). The zero-order chi connectivity index (χ0) is 23.7. The van der Waals surface area contributed by atoms with Gasteiger partial charge in [-0.3, -0.25) is 9.59 Å². The summed E-state index contributed by atoms with van der Waals surface area (Å²) in [5.41, 5.74) is 3.19. The summed E-state index contributed by atoms with van der Waals surface area (Å²) in [6.45, 7) is 0.406. The van der Waals surface area contributed by atoms with Crippen LogP contribution in [0.15, 0.2) is 78.0 Å². The van der Waals surface area contributed by atoms with Gasteiger partial charge in [0.1, 0.15) is 5.82 Å². The van der Waals surface area contributed by atoms with Crippen LogP contribution in [0.5, 0.6) is 0 Å². The molecular formula is C25H20ClFN4O2S. The van der Waals surface area contributed by atoms with Crippen molar-refractivity contribution in [2.75, 3.05) is 5.32 Å². The Kier molecular flexibility index (Phi) is 6.26. The minimum absolute atomic E-state index is 0.000930. The first-order valence-corrected chi connectivity index (χ1v) is 11.9. The minimum Gasteiger partial charge on any atom is -0.347 e. The average Bonchev–Trinajstić information content (AvgIpc) is 3.23. The van der Waals surface area contributed by atoms with Gasteiger partial charge in [-0.05, 0) is 48.0 Å². The number of nitrogens with zero attached hydrogens (tertiary/aromatic N) is 2. The smallest absolute Gasteiger partial charge is 0.238 e. The number of halogens is 2. The number of aromatic nitrogens is 2. The predicted octanol–water partition coefficient (Wildman–Crippen LogP) is 5.19. The van der Waals surface area contributed by atoms with Crippen LogP contribution in [0.25, 0.3) is 11.0 Å². The van der Waals surface area contributed by atoms with Crippen molar-refractivity contribution in [2.45, 2.75) is 29.2 Å². The highest BCUT2D eigenvalue weighted by Crippen LogP contribution is 2.38. The van der Waals surface area contributed by atoms with Gasteiger partial charge >= 0.3 is 0 Å². The van der Waals surface area contributed by atoms with Gasteiger partial charge in [0, 0.05) is 22.9 Å². The number of anilines is 1. The highest BCUT2D eigenvalue weighted by atomic mass is 35.5. The monoisotopic (exact) mass is 494 g/mol. The molecule has 5 rings (SSSR count). The lowest BCUT2D eigenvalue weighted by Gasteiger charge is -2.25. The summed E-state index contributed by atoms with van der Waals surface area (Å²) >= 11 is 7.35. The number of hydrogen-bond acceptors (Lipinski definition) is 4. The molecule has 1 aromatic heterocycles. The van der Waals surface area contributed by atoms with Crippen LogP contribution in [0.2, 0.25) is 5.02 Å². The van der Waals surface area contributed by atoms with E-state index in [1.165, 1.54) is 23.9 Å². The van der Waals surface area contributed by atoms with E-state index in [1.54, 1.807) is 30.6 Å². The molecule has 0 saturated carbocycles. The summed E-state index contributed by atoms with van der Waals surface area (Å²) in [5.74, 6) is -0.867. The van der Waals surface area contributed by atoms with Crippen LogP contribution in [0.4, 0.5) is 10.1 Å². The maximum Gasteiger partial charge on any atom is 0.238 e. The summed E-state index contributed by atoms with van der Waals surface area (Å²) in [6.07, 6.45) is 1.72. The van der Waals surface area contributed by atoms with Gasteiger partial charge in [0.2, 0.25) is 11.8 Å². The number of rotatable bonds is 6. The number of hydrogen-bond donors (Lipinski definition) is 2. The fourth-order valence-electron chi connectivity index (χ4n) is 3.96. The van der Waals surface area contributed by atoms with Gasteiger partial charge < -0.3 is 15.2 Å². The van der Waals surface area contributed by atoms with Crippen molar-refractivity contribution >= 4 is 51.9 Å². The van der Waals surface area contributed by atoms with Gasteiger partial charge in [-0.15, -0.1) is 11.8 Å². The summed E-state index contributed by atoms with van der Waals surface area (Å²) in [6, 6.07) is 18.6. The van der Waals surface area contributed by atoms with E-state index in [2.05, 4.69) is 15.6 Å². The number of benzene rings is 3. The normalized spacial score (nSPS) is 16.1. The van der Waals surface area contributed by atoms with Crippen molar-refractivity contribution in [1.82, 2.24) is 14.9 Å². The Morgan fingerprint density at radius 3 is 2.79 bits per heavy atom. The maximum absolute atomic E-state index is 13.5. The molecule has 34 heavy (non-hydrogen) atoms. The number of fused-ring (bicyclic) bond motifs is 2. The first kappa shape index (κ1) is 22.4. The Labute approximate surface area is 204 Å². The van der Waals surface area contributed by atoms with Crippen LogP contribution in [-0.4, -0.2) is 26.6 Å². The molecule has 2 heterocycles. The quantitative estimate of drug-likeness (QED) is 0.387. The number of imidazole rings is 1. The van der Waals surface area contributed by atoms with Crippen LogP contribution >= 0.6 is 23.4 Å². The average molecular weight is 495 g/mol. The lowest BCUT2D eigenvalue weighted by atomic mass is 10.1. The lowest BCUT2D eigenvalue weighted by Crippen LogP contribution is -2.37. The van der Waals surface area contributed by atoms with Gasteiger partial charge in [0.15, 0.2) is 0 Å². The van der Waals surface area contributed by atoms with E-state index in [-0.39, 0.29) is 24.1 Å². The molecule has 0 radical (unpaired) electrons. The molecule has 0 spiro atoms. The zero-order valence-electron chi connectivity index (χ0n) is 17.9. The van der Waals surface area contributed by atoms with Crippen molar-refractivity contribution < 1.29 is 14.0 Å². The molecule has 2 atom stereocenters. The van der Waals surface area contributed by atoms with Crippen molar-refractivity contribution in [3.63, 3.8) is 0 Å². The van der Waals surface area contributed by atoms with E-state index >= 15 is 0 Å². The number of carbonyl (C=O) groups is 2. The third kappa shape index (κ3) is 4.78. The first-order valence-electron chi connectivity index (χ1n) is 10.7. The molecule has 9 heteroatoms. The van der Waals surface area contributed by atoms with Gasteiger partial charge in [-0.2, -0.15) is 0 Å². The molecule has 0 fully saturated rings. The van der Waals surface area contributed by atoms with Gasteiger partial charge in [-0.1, -0.05) is 35.9 Å². The topological polar surface area (TPSA) is 76.0 Å². The minimum atomic E-state index is -0.573. The number of thioether (sulfide) groups is 1. The van der Waals surface area contributed by atoms with Crippen molar-refractivity contribution in [1.29, 1.82) is 0 Å². The van der Waals surface area contributed by atoms with Gasteiger partial charge in [0.25, 0.3) is 0 Å². The summed E-state index contributed by atoms with van der Waals surface area (Å²) < 4.78 is 15.5. The zero-order valence-corrected chi connectivity index (χ0v) is 19.4. The predicted molar refractivity (Wildman–Crippen MR) is 131 cm³/mol. The van der Waals surface area contributed by atoms with Crippen LogP contribution in [0.1, 0.15) is 18.0 Å². The fourth-order valence-corrected chi connectivity index (χ4v) is 5.22. The summed E-state index contributed by atoms with van der Waals surface area (Å²) in [7, 11) is 0. The van der Waals surface area contributed by atoms with E-state index in [4.69, 9.17) is 11.6 Å². The molecule has 2 amide bonds. The van der Waals surface area contributed by atoms with Crippen molar-refractivity contribution in [2.24, 2.45) is 0 Å². The molecule has 172 valence electrons. The second-order valence-corrected chi connectivity index (χ2v) is 9.68. The molecular weight excluding hydrogens is 475 g/mol. The molecule has 0 saturated heterocycles. The highest BCUT2D eigenvalue weighted by molar-refractivity contribution is 8.01.